The lowest BCUT2D eigenvalue weighted by Gasteiger charge is -2.16. The Hall–Kier alpha value is -1.07. The quantitative estimate of drug-likeness (QED) is 0.789. The molecule has 0 spiro atoms. The monoisotopic (exact) mass is 276 g/mol. The molecule has 0 radical (unpaired) electrons. The van der Waals surface area contributed by atoms with E-state index in [0.29, 0.717) is 6.04 Å². The summed E-state index contributed by atoms with van der Waals surface area (Å²) in [5, 5.41) is 13.1. The van der Waals surface area contributed by atoms with E-state index < -0.39 is 0 Å². The average Bonchev–Trinajstić information content (AvgIpc) is 3.20. The normalized spacial score (nSPS) is 16.9. The van der Waals surface area contributed by atoms with E-state index in [4.69, 9.17) is 0 Å². The molecule has 5 heteroatoms. The third-order valence-electron chi connectivity index (χ3n) is 3.52. The highest BCUT2D eigenvalue weighted by Crippen LogP contribution is 2.35. The molecule has 1 unspecified atom stereocenters. The molecule has 1 atom stereocenters. The number of fused-ring (bicyclic) bond motifs is 1. The van der Waals surface area contributed by atoms with Gasteiger partial charge >= 0.3 is 0 Å². The van der Waals surface area contributed by atoms with Crippen LogP contribution in [-0.2, 0) is 0 Å². The van der Waals surface area contributed by atoms with Gasteiger partial charge < -0.3 is 5.32 Å². The number of hydrogen-bond acceptors (Lipinski definition) is 4. The molecule has 2 aromatic heterocycles. The van der Waals surface area contributed by atoms with Gasteiger partial charge in [0.2, 0.25) is 0 Å². The standard InChI is InChI=1S/C14H20N4S/c1-2-8-15-12(11-6-7-11)10-19-14-17-16-13-5-3-4-9-18(13)14/h3-5,9,11-12,15H,2,6-8,10H2,1H3. The summed E-state index contributed by atoms with van der Waals surface area (Å²) >= 11 is 1.81. The fraction of sp³-hybridized carbons (Fsp3) is 0.571. The summed E-state index contributed by atoms with van der Waals surface area (Å²) in [6, 6.07) is 6.63. The summed E-state index contributed by atoms with van der Waals surface area (Å²) in [6.07, 6.45) is 5.98. The predicted octanol–water partition coefficient (Wildman–Crippen LogP) is 2.60. The Labute approximate surface area is 118 Å². The molecule has 102 valence electrons. The third-order valence-corrected chi connectivity index (χ3v) is 4.58. The van der Waals surface area contributed by atoms with E-state index in [9.17, 15) is 0 Å². The maximum Gasteiger partial charge on any atom is 0.195 e. The minimum atomic E-state index is 0.626. The Morgan fingerprint density at radius 3 is 3.11 bits per heavy atom. The number of nitrogens with zero attached hydrogens (tertiary/aromatic N) is 3. The smallest absolute Gasteiger partial charge is 0.195 e. The SMILES string of the molecule is CCCNC(CSc1nnc2ccccn12)C1CC1. The van der Waals surface area contributed by atoms with Gasteiger partial charge in [-0.15, -0.1) is 10.2 Å². The first-order valence-corrected chi connectivity index (χ1v) is 8.03. The van der Waals surface area contributed by atoms with Gasteiger partial charge in [-0.05, 0) is 43.9 Å². The lowest BCUT2D eigenvalue weighted by Crippen LogP contribution is -2.33. The van der Waals surface area contributed by atoms with Crippen molar-refractivity contribution in [2.24, 2.45) is 5.92 Å². The van der Waals surface area contributed by atoms with E-state index in [1.54, 1.807) is 0 Å². The Morgan fingerprint density at radius 1 is 1.42 bits per heavy atom. The summed E-state index contributed by atoms with van der Waals surface area (Å²) in [7, 11) is 0. The van der Waals surface area contributed by atoms with Gasteiger partial charge in [-0.25, -0.2) is 0 Å². The zero-order valence-electron chi connectivity index (χ0n) is 11.2. The van der Waals surface area contributed by atoms with Crippen LogP contribution in [-0.4, -0.2) is 32.9 Å². The van der Waals surface area contributed by atoms with Gasteiger partial charge in [-0.3, -0.25) is 4.40 Å². The minimum Gasteiger partial charge on any atom is -0.313 e. The highest BCUT2D eigenvalue weighted by molar-refractivity contribution is 7.99. The summed E-state index contributed by atoms with van der Waals surface area (Å²) in [6.45, 7) is 3.33. The fourth-order valence-electron chi connectivity index (χ4n) is 2.27. The van der Waals surface area contributed by atoms with Gasteiger partial charge in [0.25, 0.3) is 0 Å². The first-order valence-electron chi connectivity index (χ1n) is 7.04. The van der Waals surface area contributed by atoms with E-state index >= 15 is 0 Å². The lowest BCUT2D eigenvalue weighted by molar-refractivity contribution is 0.503. The number of nitrogens with one attached hydrogen (secondary N) is 1. The molecular formula is C14H20N4S. The largest absolute Gasteiger partial charge is 0.313 e. The van der Waals surface area contributed by atoms with E-state index in [1.807, 2.05) is 36.2 Å². The van der Waals surface area contributed by atoms with Crippen molar-refractivity contribution in [1.29, 1.82) is 0 Å². The summed E-state index contributed by atoms with van der Waals surface area (Å²) < 4.78 is 2.06. The van der Waals surface area contributed by atoms with Crippen molar-refractivity contribution in [3.05, 3.63) is 24.4 Å². The predicted molar refractivity (Wildman–Crippen MR) is 78.5 cm³/mol. The third kappa shape index (κ3) is 3.09. The van der Waals surface area contributed by atoms with Crippen LogP contribution in [0.15, 0.2) is 29.6 Å². The fourth-order valence-corrected chi connectivity index (χ4v) is 3.38. The maximum atomic E-state index is 4.28. The van der Waals surface area contributed by atoms with Crippen molar-refractivity contribution in [3.63, 3.8) is 0 Å². The van der Waals surface area contributed by atoms with Crippen LogP contribution in [0, 0.1) is 5.92 Å². The van der Waals surface area contributed by atoms with Crippen LogP contribution in [0.25, 0.3) is 5.65 Å². The van der Waals surface area contributed by atoms with Crippen LogP contribution in [0.1, 0.15) is 26.2 Å². The number of aromatic nitrogens is 3. The Morgan fingerprint density at radius 2 is 2.32 bits per heavy atom. The molecule has 1 saturated carbocycles. The molecule has 3 rings (SSSR count). The van der Waals surface area contributed by atoms with Gasteiger partial charge in [-0.2, -0.15) is 0 Å². The van der Waals surface area contributed by atoms with Crippen molar-refractivity contribution in [3.8, 4) is 0 Å². The van der Waals surface area contributed by atoms with Crippen molar-refractivity contribution < 1.29 is 0 Å². The van der Waals surface area contributed by atoms with E-state index in [0.717, 1.165) is 29.0 Å². The molecule has 1 fully saturated rings. The molecule has 1 N–H and O–H groups in total. The van der Waals surface area contributed by atoms with Crippen LogP contribution < -0.4 is 5.32 Å². The first-order chi connectivity index (χ1) is 9.38. The minimum absolute atomic E-state index is 0.626. The topological polar surface area (TPSA) is 42.2 Å². The second-order valence-corrected chi connectivity index (χ2v) is 6.11. The molecule has 2 heterocycles. The van der Waals surface area contributed by atoms with E-state index in [-0.39, 0.29) is 0 Å². The molecule has 1 aliphatic carbocycles. The van der Waals surface area contributed by atoms with Gasteiger partial charge in [0.1, 0.15) is 0 Å². The van der Waals surface area contributed by atoms with Crippen molar-refractivity contribution in [2.75, 3.05) is 12.3 Å². The number of pyridine rings is 1. The molecule has 2 aromatic rings. The molecule has 1 aliphatic rings. The molecule has 0 bridgehead atoms. The maximum absolute atomic E-state index is 4.28. The zero-order chi connectivity index (χ0) is 13.1. The number of hydrogen-bond donors (Lipinski definition) is 1. The first kappa shape index (κ1) is 12.9. The number of rotatable bonds is 7. The Kier molecular flexibility index (Phi) is 4.03. The van der Waals surface area contributed by atoms with Gasteiger partial charge in [0.15, 0.2) is 10.8 Å². The van der Waals surface area contributed by atoms with Crippen LogP contribution in [0.5, 0.6) is 0 Å². The molecule has 19 heavy (non-hydrogen) atoms. The molecule has 0 aromatic carbocycles. The van der Waals surface area contributed by atoms with E-state index in [2.05, 4.69) is 26.8 Å². The van der Waals surface area contributed by atoms with Gasteiger partial charge in [0, 0.05) is 18.0 Å². The summed E-state index contributed by atoms with van der Waals surface area (Å²) in [5.74, 6) is 1.96. The second-order valence-electron chi connectivity index (χ2n) is 5.12. The lowest BCUT2D eigenvalue weighted by atomic mass is 10.2. The van der Waals surface area contributed by atoms with Crippen molar-refractivity contribution in [1.82, 2.24) is 19.9 Å². The Bertz CT molecular complexity index is 535. The molecular weight excluding hydrogens is 256 g/mol. The highest BCUT2D eigenvalue weighted by Gasteiger charge is 2.30. The highest BCUT2D eigenvalue weighted by atomic mass is 32.2. The van der Waals surface area contributed by atoms with Crippen LogP contribution in [0.4, 0.5) is 0 Å². The number of thioether (sulfide) groups is 1. The van der Waals surface area contributed by atoms with Crippen molar-refractivity contribution in [2.45, 2.75) is 37.4 Å². The average molecular weight is 276 g/mol. The molecule has 0 amide bonds. The molecule has 0 aliphatic heterocycles. The van der Waals surface area contributed by atoms with E-state index in [1.165, 1.54) is 19.3 Å². The van der Waals surface area contributed by atoms with Crippen LogP contribution in [0.2, 0.25) is 0 Å². The Balaban J connectivity index is 1.64. The second kappa shape index (κ2) is 5.92. The van der Waals surface area contributed by atoms with Gasteiger partial charge in [0.05, 0.1) is 0 Å². The summed E-state index contributed by atoms with van der Waals surface area (Å²) in [4.78, 5) is 0. The molecule has 4 nitrogen and oxygen atoms in total. The van der Waals surface area contributed by atoms with Gasteiger partial charge in [-0.1, -0.05) is 24.8 Å². The van der Waals surface area contributed by atoms with Crippen molar-refractivity contribution >= 4 is 17.4 Å². The zero-order valence-corrected chi connectivity index (χ0v) is 12.1. The van der Waals surface area contributed by atoms with Crippen LogP contribution in [0.3, 0.4) is 0 Å². The summed E-state index contributed by atoms with van der Waals surface area (Å²) in [5.41, 5.74) is 0.925. The molecule has 0 saturated heterocycles. The van der Waals surface area contributed by atoms with Crippen LogP contribution >= 0.6 is 11.8 Å².